The van der Waals surface area contributed by atoms with Crippen LogP contribution in [0.2, 0.25) is 0 Å². The molecule has 0 unspecified atom stereocenters. The molecule has 3 amide bonds. The molecule has 9 nitrogen and oxygen atoms in total. The number of hydrogen-bond acceptors (Lipinski definition) is 6. The fourth-order valence-corrected chi connectivity index (χ4v) is 2.74. The van der Waals surface area contributed by atoms with Crippen molar-refractivity contribution in [2.24, 2.45) is 0 Å². The monoisotopic (exact) mass is 463 g/mol. The first-order valence-corrected chi connectivity index (χ1v) is 10.9. The molecule has 0 aromatic heterocycles. The quantitative estimate of drug-likeness (QED) is 0.571. The molecule has 0 bridgehead atoms. The van der Waals surface area contributed by atoms with E-state index in [4.69, 9.17) is 9.47 Å². The average Bonchev–Trinajstić information content (AvgIpc) is 2.75. The van der Waals surface area contributed by atoms with E-state index in [9.17, 15) is 19.2 Å². The summed E-state index contributed by atoms with van der Waals surface area (Å²) in [6, 6.07) is 6.92. The van der Waals surface area contributed by atoms with Gasteiger partial charge < -0.3 is 19.7 Å². The Morgan fingerprint density at radius 3 is 2.06 bits per heavy atom. The molecule has 33 heavy (non-hydrogen) atoms. The predicted molar refractivity (Wildman–Crippen MR) is 124 cm³/mol. The Hall–Kier alpha value is -2.94. The van der Waals surface area contributed by atoms with Crippen LogP contribution in [0.15, 0.2) is 30.3 Å². The van der Waals surface area contributed by atoms with Crippen molar-refractivity contribution in [2.75, 3.05) is 20.7 Å². The second-order valence-electron chi connectivity index (χ2n) is 9.06. The van der Waals surface area contributed by atoms with E-state index in [1.54, 1.807) is 34.6 Å². The van der Waals surface area contributed by atoms with E-state index in [1.165, 1.54) is 30.8 Å². The van der Waals surface area contributed by atoms with Crippen LogP contribution in [0.5, 0.6) is 0 Å². The van der Waals surface area contributed by atoms with Gasteiger partial charge in [0.25, 0.3) is 0 Å². The summed E-state index contributed by atoms with van der Waals surface area (Å²) in [4.78, 5) is 52.3. The lowest BCUT2D eigenvalue weighted by Crippen LogP contribution is -2.55. The van der Waals surface area contributed by atoms with Crippen molar-refractivity contribution < 1.29 is 28.7 Å². The number of carbonyl (C=O) groups is 4. The molecule has 0 aliphatic heterocycles. The molecule has 0 fully saturated rings. The maximum atomic E-state index is 12.9. The molecule has 1 N–H and O–H groups in total. The minimum atomic E-state index is -0.872. The maximum absolute atomic E-state index is 12.9. The van der Waals surface area contributed by atoms with Crippen molar-refractivity contribution in [3.63, 3.8) is 0 Å². The number of ketones is 1. The third-order valence-electron chi connectivity index (χ3n) is 5.13. The van der Waals surface area contributed by atoms with E-state index < -0.39 is 41.6 Å². The van der Waals surface area contributed by atoms with Gasteiger partial charge in [0.2, 0.25) is 11.8 Å². The molecule has 0 saturated carbocycles. The molecular formula is C24H37N3O6. The molecule has 1 aromatic rings. The molecule has 9 heteroatoms. The highest BCUT2D eigenvalue weighted by Crippen LogP contribution is 2.12. The number of nitrogens with one attached hydrogen (secondary N) is 1. The summed E-state index contributed by atoms with van der Waals surface area (Å²) >= 11 is 0. The molecule has 0 spiro atoms. The minimum absolute atomic E-state index is 0.0120. The van der Waals surface area contributed by atoms with Crippen LogP contribution in [0.4, 0.5) is 4.79 Å². The van der Waals surface area contributed by atoms with Crippen LogP contribution < -0.4 is 5.32 Å². The molecule has 0 saturated heterocycles. The zero-order chi connectivity index (χ0) is 25.3. The second-order valence-corrected chi connectivity index (χ2v) is 9.06. The molecule has 0 aliphatic rings. The van der Waals surface area contributed by atoms with Crippen LogP contribution in [0, 0.1) is 0 Å². The maximum Gasteiger partial charge on any atom is 0.410 e. The number of likely N-dealkylation sites (N-methyl/N-ethyl adjacent to an activating group) is 2. The van der Waals surface area contributed by atoms with Crippen LogP contribution >= 0.6 is 0 Å². The Bertz CT molecular complexity index is 821. The highest BCUT2D eigenvalue weighted by Gasteiger charge is 2.32. The molecule has 1 aromatic carbocycles. The van der Waals surface area contributed by atoms with E-state index in [1.807, 2.05) is 30.3 Å². The van der Waals surface area contributed by atoms with E-state index in [0.29, 0.717) is 6.61 Å². The SMILES string of the molecule is CC(=O)[C@@H](COCc1ccccc1)NC(=O)[C@@H](C)N(C)C(=O)[C@H](C)N(C)C(=O)OC(C)(C)C. The van der Waals surface area contributed by atoms with Crippen molar-refractivity contribution in [1.29, 1.82) is 0 Å². The smallest absolute Gasteiger partial charge is 0.410 e. The van der Waals surface area contributed by atoms with Gasteiger partial charge in [-0.25, -0.2) is 4.79 Å². The molecule has 184 valence electrons. The fourth-order valence-electron chi connectivity index (χ4n) is 2.74. The number of amides is 3. The summed E-state index contributed by atoms with van der Waals surface area (Å²) in [5.74, 6) is -1.19. The Balaban J connectivity index is 2.68. The lowest BCUT2D eigenvalue weighted by Gasteiger charge is -2.32. The van der Waals surface area contributed by atoms with Crippen molar-refractivity contribution in [3.8, 4) is 0 Å². The van der Waals surface area contributed by atoms with Gasteiger partial charge in [-0.15, -0.1) is 0 Å². The first-order chi connectivity index (χ1) is 15.2. The Morgan fingerprint density at radius 2 is 1.55 bits per heavy atom. The Morgan fingerprint density at radius 1 is 0.970 bits per heavy atom. The molecule has 3 atom stereocenters. The van der Waals surface area contributed by atoms with Gasteiger partial charge in [-0.05, 0) is 47.1 Å². The Kier molecular flexibility index (Phi) is 10.5. The van der Waals surface area contributed by atoms with Gasteiger partial charge in [-0.1, -0.05) is 30.3 Å². The molecule has 0 radical (unpaired) electrons. The van der Waals surface area contributed by atoms with Gasteiger partial charge in [-0.3, -0.25) is 19.3 Å². The lowest BCUT2D eigenvalue weighted by atomic mass is 10.1. The van der Waals surface area contributed by atoms with E-state index in [-0.39, 0.29) is 12.4 Å². The van der Waals surface area contributed by atoms with E-state index in [2.05, 4.69) is 5.32 Å². The van der Waals surface area contributed by atoms with Crippen LogP contribution in [-0.2, 0) is 30.5 Å². The Labute approximate surface area is 196 Å². The van der Waals surface area contributed by atoms with Crippen molar-refractivity contribution in [1.82, 2.24) is 15.1 Å². The standard InChI is InChI=1S/C24H37N3O6/c1-16(26(7)22(30)17(2)27(8)23(31)33-24(4,5)6)21(29)25-20(18(3)28)15-32-14-19-12-10-9-11-13-19/h9-13,16-17,20H,14-15H2,1-8H3,(H,25,29)/t16-,17+,20-/m1/s1. The van der Waals surface area contributed by atoms with Crippen molar-refractivity contribution in [2.45, 2.75) is 71.9 Å². The second kappa shape index (κ2) is 12.3. The highest BCUT2D eigenvalue weighted by atomic mass is 16.6. The van der Waals surface area contributed by atoms with Crippen LogP contribution in [-0.4, -0.2) is 77.9 Å². The first kappa shape index (κ1) is 28.1. The third-order valence-corrected chi connectivity index (χ3v) is 5.13. The first-order valence-electron chi connectivity index (χ1n) is 10.9. The minimum Gasteiger partial charge on any atom is -0.444 e. The average molecular weight is 464 g/mol. The largest absolute Gasteiger partial charge is 0.444 e. The molecule has 1 rings (SSSR count). The van der Waals surface area contributed by atoms with Gasteiger partial charge >= 0.3 is 6.09 Å². The molecular weight excluding hydrogens is 426 g/mol. The number of rotatable bonds is 10. The van der Waals surface area contributed by atoms with Crippen LogP contribution in [0.1, 0.15) is 47.1 Å². The zero-order valence-corrected chi connectivity index (χ0v) is 20.9. The van der Waals surface area contributed by atoms with Gasteiger partial charge in [0, 0.05) is 14.1 Å². The van der Waals surface area contributed by atoms with Gasteiger partial charge in [0.1, 0.15) is 23.7 Å². The van der Waals surface area contributed by atoms with Crippen LogP contribution in [0.3, 0.4) is 0 Å². The topological polar surface area (TPSA) is 105 Å². The highest BCUT2D eigenvalue weighted by molar-refractivity contribution is 5.93. The summed E-state index contributed by atoms with van der Waals surface area (Å²) in [7, 11) is 2.94. The van der Waals surface area contributed by atoms with E-state index >= 15 is 0 Å². The lowest BCUT2D eigenvalue weighted by molar-refractivity contribution is -0.142. The summed E-state index contributed by atoms with van der Waals surface area (Å²) < 4.78 is 10.9. The van der Waals surface area contributed by atoms with Gasteiger partial charge in [0.05, 0.1) is 13.2 Å². The number of benzene rings is 1. The summed E-state index contributed by atoms with van der Waals surface area (Å²) in [6.07, 6.45) is -0.638. The van der Waals surface area contributed by atoms with E-state index in [0.717, 1.165) is 5.56 Å². The van der Waals surface area contributed by atoms with Gasteiger partial charge in [-0.2, -0.15) is 0 Å². The number of ether oxygens (including phenoxy) is 2. The fraction of sp³-hybridized carbons (Fsp3) is 0.583. The molecule has 0 aliphatic carbocycles. The van der Waals surface area contributed by atoms with Gasteiger partial charge in [0.15, 0.2) is 5.78 Å². The zero-order valence-electron chi connectivity index (χ0n) is 20.9. The summed E-state index contributed by atoms with van der Waals surface area (Å²) in [5, 5.41) is 2.65. The number of hydrogen-bond donors (Lipinski definition) is 1. The van der Waals surface area contributed by atoms with Crippen molar-refractivity contribution in [3.05, 3.63) is 35.9 Å². The number of carbonyl (C=O) groups excluding carboxylic acids is 4. The van der Waals surface area contributed by atoms with Crippen molar-refractivity contribution >= 4 is 23.7 Å². The molecule has 0 heterocycles. The predicted octanol–water partition coefficient (Wildman–Crippen LogP) is 2.38. The number of Topliss-reactive ketones (excluding diaryl/α,β-unsaturated/α-hetero) is 1. The third kappa shape index (κ3) is 9.21. The van der Waals surface area contributed by atoms with Crippen LogP contribution in [0.25, 0.3) is 0 Å². The normalized spacial score (nSPS) is 13.9. The number of nitrogens with zero attached hydrogens (tertiary/aromatic N) is 2. The summed E-state index contributed by atoms with van der Waals surface area (Å²) in [6.45, 7) is 10.0. The summed E-state index contributed by atoms with van der Waals surface area (Å²) in [5.41, 5.74) is 0.255.